The van der Waals surface area contributed by atoms with Gasteiger partial charge in [-0.1, -0.05) is 0 Å². The third-order valence-electron chi connectivity index (χ3n) is 3.21. The van der Waals surface area contributed by atoms with Gasteiger partial charge in [0.1, 0.15) is 0 Å². The van der Waals surface area contributed by atoms with Gasteiger partial charge in [-0.3, -0.25) is 0 Å². The lowest BCUT2D eigenvalue weighted by atomic mass is 10.2. The molecule has 0 aliphatic carbocycles. The Labute approximate surface area is 91.8 Å². The Balaban J connectivity index is 1.52. The van der Waals surface area contributed by atoms with Gasteiger partial charge >= 0.3 is 0 Å². The van der Waals surface area contributed by atoms with E-state index in [1.54, 1.807) is 0 Å². The number of rotatable bonds is 4. The molecule has 0 amide bonds. The van der Waals surface area contributed by atoms with E-state index >= 15 is 0 Å². The summed E-state index contributed by atoms with van der Waals surface area (Å²) in [6, 6.07) is 0. The lowest BCUT2D eigenvalue weighted by Crippen LogP contribution is -2.32. The van der Waals surface area contributed by atoms with Crippen LogP contribution in [0.1, 0.15) is 25.7 Å². The standard InChI is InChI=1S/C11H22N2S/c1-2-7-13(6-1)8-9-14-11-4-3-5-12-10-11/h11-12H,1-10H2. The smallest absolute Gasteiger partial charge is 0.0173 e. The Morgan fingerprint density at radius 1 is 1.21 bits per heavy atom. The zero-order chi connectivity index (χ0) is 9.64. The summed E-state index contributed by atoms with van der Waals surface area (Å²) < 4.78 is 0. The number of likely N-dealkylation sites (tertiary alicyclic amines) is 1. The Kier molecular flexibility index (Phi) is 4.61. The van der Waals surface area contributed by atoms with Crippen LogP contribution in [0.3, 0.4) is 0 Å². The predicted molar refractivity (Wildman–Crippen MR) is 64.0 cm³/mol. The van der Waals surface area contributed by atoms with Gasteiger partial charge < -0.3 is 10.2 Å². The second-order valence-corrected chi connectivity index (χ2v) is 5.80. The highest BCUT2D eigenvalue weighted by atomic mass is 32.2. The van der Waals surface area contributed by atoms with Gasteiger partial charge in [0.15, 0.2) is 0 Å². The number of hydrogen-bond donors (Lipinski definition) is 1. The van der Waals surface area contributed by atoms with E-state index in [0.717, 1.165) is 5.25 Å². The van der Waals surface area contributed by atoms with Gasteiger partial charge in [0.2, 0.25) is 0 Å². The molecule has 2 nitrogen and oxygen atoms in total. The average Bonchev–Trinajstić information content (AvgIpc) is 2.72. The fraction of sp³-hybridized carbons (Fsp3) is 1.00. The van der Waals surface area contributed by atoms with E-state index in [4.69, 9.17) is 0 Å². The van der Waals surface area contributed by atoms with Crippen LogP contribution in [0.4, 0.5) is 0 Å². The Bertz CT molecular complexity index is 151. The number of nitrogens with one attached hydrogen (secondary N) is 1. The molecule has 0 saturated carbocycles. The van der Waals surface area contributed by atoms with Gasteiger partial charge in [-0.05, 0) is 45.3 Å². The van der Waals surface area contributed by atoms with E-state index in [1.807, 2.05) is 0 Å². The van der Waals surface area contributed by atoms with Crippen LogP contribution in [-0.2, 0) is 0 Å². The molecule has 1 unspecified atom stereocenters. The molecule has 2 fully saturated rings. The third kappa shape index (κ3) is 3.44. The molecule has 2 heterocycles. The monoisotopic (exact) mass is 214 g/mol. The van der Waals surface area contributed by atoms with Crippen molar-refractivity contribution in [1.82, 2.24) is 10.2 Å². The fourth-order valence-electron chi connectivity index (χ4n) is 2.32. The minimum Gasteiger partial charge on any atom is -0.316 e. The molecular formula is C11H22N2S. The molecule has 0 radical (unpaired) electrons. The quantitative estimate of drug-likeness (QED) is 0.765. The number of hydrogen-bond acceptors (Lipinski definition) is 3. The molecule has 0 aromatic carbocycles. The summed E-state index contributed by atoms with van der Waals surface area (Å²) >= 11 is 2.18. The SMILES string of the molecule is C1CNCC(SCCN2CCCC2)C1. The molecule has 14 heavy (non-hydrogen) atoms. The maximum Gasteiger partial charge on any atom is 0.0173 e. The van der Waals surface area contributed by atoms with Gasteiger partial charge in [0, 0.05) is 24.1 Å². The van der Waals surface area contributed by atoms with Crippen molar-refractivity contribution in [3.8, 4) is 0 Å². The molecule has 1 atom stereocenters. The highest BCUT2D eigenvalue weighted by Gasteiger charge is 2.15. The molecule has 0 aromatic heterocycles. The number of thioether (sulfide) groups is 1. The maximum absolute atomic E-state index is 3.48. The zero-order valence-corrected chi connectivity index (χ0v) is 9.82. The number of nitrogens with zero attached hydrogens (tertiary/aromatic N) is 1. The highest BCUT2D eigenvalue weighted by Crippen LogP contribution is 2.19. The molecular weight excluding hydrogens is 192 g/mol. The molecule has 2 rings (SSSR count). The van der Waals surface area contributed by atoms with E-state index in [0.29, 0.717) is 0 Å². The van der Waals surface area contributed by atoms with Crippen molar-refractivity contribution in [3.05, 3.63) is 0 Å². The van der Waals surface area contributed by atoms with Gasteiger partial charge in [-0.25, -0.2) is 0 Å². The van der Waals surface area contributed by atoms with Crippen LogP contribution in [0.15, 0.2) is 0 Å². The van der Waals surface area contributed by atoms with Gasteiger partial charge in [0.25, 0.3) is 0 Å². The molecule has 82 valence electrons. The average molecular weight is 214 g/mol. The van der Waals surface area contributed by atoms with Crippen LogP contribution in [-0.4, -0.2) is 48.6 Å². The van der Waals surface area contributed by atoms with Crippen molar-refractivity contribution in [2.75, 3.05) is 38.5 Å². The summed E-state index contributed by atoms with van der Waals surface area (Å²) in [5.41, 5.74) is 0. The Morgan fingerprint density at radius 3 is 2.79 bits per heavy atom. The van der Waals surface area contributed by atoms with E-state index in [9.17, 15) is 0 Å². The van der Waals surface area contributed by atoms with Crippen molar-refractivity contribution < 1.29 is 0 Å². The largest absolute Gasteiger partial charge is 0.316 e. The Hall–Kier alpha value is 0.270. The first-order valence-corrected chi connectivity index (χ1v) is 7.05. The normalized spacial score (nSPS) is 29.6. The first-order valence-electron chi connectivity index (χ1n) is 6.00. The lowest BCUT2D eigenvalue weighted by molar-refractivity contribution is 0.361. The minimum atomic E-state index is 0.895. The van der Waals surface area contributed by atoms with Gasteiger partial charge in [-0.2, -0.15) is 11.8 Å². The second-order valence-electron chi connectivity index (χ2n) is 4.39. The third-order valence-corrected chi connectivity index (χ3v) is 4.50. The zero-order valence-electron chi connectivity index (χ0n) is 9.00. The molecule has 2 aliphatic rings. The molecule has 0 spiro atoms. The predicted octanol–water partition coefficient (Wildman–Crippen LogP) is 1.57. The summed E-state index contributed by atoms with van der Waals surface area (Å²) in [7, 11) is 0. The van der Waals surface area contributed by atoms with E-state index in [-0.39, 0.29) is 0 Å². The molecule has 3 heteroatoms. The fourth-order valence-corrected chi connectivity index (χ4v) is 3.58. The second kappa shape index (κ2) is 5.99. The summed E-state index contributed by atoms with van der Waals surface area (Å²) in [6.45, 7) is 6.50. The molecule has 2 aliphatic heterocycles. The van der Waals surface area contributed by atoms with E-state index in [1.165, 1.54) is 64.2 Å². The van der Waals surface area contributed by atoms with Crippen molar-refractivity contribution in [1.29, 1.82) is 0 Å². The van der Waals surface area contributed by atoms with Crippen LogP contribution in [0, 0.1) is 0 Å². The Morgan fingerprint density at radius 2 is 2.07 bits per heavy atom. The molecule has 1 N–H and O–H groups in total. The van der Waals surface area contributed by atoms with E-state index in [2.05, 4.69) is 22.0 Å². The van der Waals surface area contributed by atoms with Crippen LogP contribution in [0.2, 0.25) is 0 Å². The van der Waals surface area contributed by atoms with Crippen molar-refractivity contribution in [2.24, 2.45) is 0 Å². The van der Waals surface area contributed by atoms with Crippen LogP contribution in [0.5, 0.6) is 0 Å². The first kappa shape index (κ1) is 10.8. The maximum atomic E-state index is 3.48. The van der Waals surface area contributed by atoms with Crippen molar-refractivity contribution in [2.45, 2.75) is 30.9 Å². The van der Waals surface area contributed by atoms with Crippen molar-refractivity contribution in [3.63, 3.8) is 0 Å². The van der Waals surface area contributed by atoms with Crippen molar-refractivity contribution >= 4 is 11.8 Å². The van der Waals surface area contributed by atoms with Gasteiger partial charge in [0.05, 0.1) is 0 Å². The van der Waals surface area contributed by atoms with Gasteiger partial charge in [-0.15, -0.1) is 0 Å². The van der Waals surface area contributed by atoms with E-state index < -0.39 is 0 Å². The lowest BCUT2D eigenvalue weighted by Gasteiger charge is -2.23. The summed E-state index contributed by atoms with van der Waals surface area (Å²) in [6.07, 6.45) is 5.66. The first-order chi connectivity index (χ1) is 6.95. The summed E-state index contributed by atoms with van der Waals surface area (Å²) in [5, 5.41) is 4.37. The highest BCUT2D eigenvalue weighted by molar-refractivity contribution is 7.99. The number of piperidine rings is 1. The molecule has 2 saturated heterocycles. The minimum absolute atomic E-state index is 0.895. The molecule has 0 bridgehead atoms. The van der Waals surface area contributed by atoms with Crippen LogP contribution < -0.4 is 5.32 Å². The molecule has 0 aromatic rings. The summed E-state index contributed by atoms with van der Waals surface area (Å²) in [5.74, 6) is 1.34. The van der Waals surface area contributed by atoms with Crippen LogP contribution >= 0.6 is 11.8 Å². The summed E-state index contributed by atoms with van der Waals surface area (Å²) in [4.78, 5) is 2.61. The topological polar surface area (TPSA) is 15.3 Å². The van der Waals surface area contributed by atoms with Crippen LogP contribution in [0.25, 0.3) is 0 Å².